The van der Waals surface area contributed by atoms with Gasteiger partial charge in [-0.25, -0.2) is 39.9 Å². The van der Waals surface area contributed by atoms with Crippen molar-refractivity contribution in [2.24, 2.45) is 0 Å². The minimum absolute atomic E-state index is 0.0612. The number of carbonyl (C=O) groups is 4. The fourth-order valence-corrected chi connectivity index (χ4v) is 22.4. The molecule has 682 valence electrons. The lowest BCUT2D eigenvalue weighted by Crippen LogP contribution is -2.39. The number of fused-ring (bicyclic) bond motifs is 10. The number of H-pyrrole nitrogens is 5. The zero-order valence-electron chi connectivity index (χ0n) is 74.4. The Labute approximate surface area is 795 Å². The SMILES string of the molecule is Nc1nccn2c(C3CCN(C(=O)Cc4ccsc4)CC3)nc(-c3cc4ccccc4[nH]3)c12.Nc1nccn2c(C3CCN(C(=O)c4ccc5sccc5c4)CC3)nc(-c3cc4ccccc4[nH]3)c12.Nc1nccn2c(C3CCN(C(=O)c4cccc5[nH]ccc45)CC3)nc(-c3cc4ccccc4[nH]3)c12.Nc1nccn2c(C3CCN(C(=O)c4cncs4)CC3)nc(-c3cc4ccccc4[nH]3)c12. The lowest BCUT2D eigenvalue weighted by atomic mass is 9.95. The van der Waals surface area contributed by atoms with Crippen LogP contribution in [0, 0.1) is 0 Å². The number of benzene rings is 6. The minimum Gasteiger partial charge on any atom is -0.382 e. The van der Waals surface area contributed by atoms with Gasteiger partial charge in [0.05, 0.1) is 40.9 Å². The number of thiazole rings is 1. The van der Waals surface area contributed by atoms with E-state index in [0.717, 1.165) is 232 Å². The van der Waals surface area contributed by atoms with Crippen LogP contribution in [-0.2, 0) is 11.2 Å². The molecule has 0 saturated carbocycles. The zero-order chi connectivity index (χ0) is 92.5. The highest BCUT2D eigenvalue weighted by Crippen LogP contribution is 2.43. The predicted molar refractivity (Wildman–Crippen MR) is 541 cm³/mol. The number of imidazole rings is 4. The smallest absolute Gasteiger partial charge is 0.265 e. The van der Waals surface area contributed by atoms with Crippen LogP contribution in [0.4, 0.5) is 23.3 Å². The number of anilines is 4. The Hall–Kier alpha value is -16.1. The van der Waals surface area contributed by atoms with Crippen LogP contribution in [0.15, 0.2) is 260 Å². The third-order valence-electron chi connectivity index (χ3n) is 27.3. The van der Waals surface area contributed by atoms with E-state index in [9.17, 15) is 19.2 Å². The number of carbonyl (C=O) groups excluding carboxylic acids is 4. The summed E-state index contributed by atoms with van der Waals surface area (Å²) in [7, 11) is 0. The molecule has 137 heavy (non-hydrogen) atoms. The molecule has 13 N–H and O–H groups in total. The normalized spacial score (nSPS) is 14.9. The van der Waals surface area contributed by atoms with E-state index in [1.807, 2.05) is 158 Å². The van der Waals surface area contributed by atoms with Crippen molar-refractivity contribution < 1.29 is 19.2 Å². The maximum atomic E-state index is 13.3. The van der Waals surface area contributed by atoms with Gasteiger partial charge in [0.2, 0.25) is 5.91 Å². The third kappa shape index (κ3) is 16.2. The van der Waals surface area contributed by atoms with Gasteiger partial charge in [-0.2, -0.15) is 11.3 Å². The molecule has 6 aromatic carbocycles. The second kappa shape index (κ2) is 36.0. The second-order valence-corrected chi connectivity index (χ2v) is 38.0. The highest BCUT2D eigenvalue weighted by atomic mass is 32.1. The first-order valence-corrected chi connectivity index (χ1v) is 48.8. The number of hydrogen-bond donors (Lipinski definition) is 9. The van der Waals surface area contributed by atoms with Crippen molar-refractivity contribution in [3.63, 3.8) is 0 Å². The van der Waals surface area contributed by atoms with Crippen LogP contribution in [0.2, 0.25) is 0 Å². The third-order valence-corrected chi connectivity index (χ3v) is 29.7. The van der Waals surface area contributed by atoms with E-state index in [1.54, 1.807) is 59.2 Å². The number of nitrogens with zero attached hydrogens (tertiary/aromatic N) is 17. The summed E-state index contributed by atoms with van der Waals surface area (Å²) in [4.78, 5) is 119. The highest BCUT2D eigenvalue weighted by Gasteiger charge is 2.36. The first kappa shape index (κ1) is 85.1. The lowest BCUT2D eigenvalue weighted by molar-refractivity contribution is -0.131. The summed E-state index contributed by atoms with van der Waals surface area (Å²) in [5.74, 6) is 7.08. The van der Waals surface area contributed by atoms with Crippen molar-refractivity contribution in [2.75, 3.05) is 75.3 Å². The van der Waals surface area contributed by atoms with Gasteiger partial charge in [-0.05, 0) is 176 Å². The molecule has 33 heteroatoms. The van der Waals surface area contributed by atoms with Gasteiger partial charge in [0, 0.05) is 202 Å². The summed E-state index contributed by atoms with van der Waals surface area (Å²) in [6, 6.07) is 59.0. The molecule has 4 amide bonds. The minimum atomic E-state index is 0.0612. The van der Waals surface area contributed by atoms with Crippen LogP contribution < -0.4 is 22.9 Å². The largest absolute Gasteiger partial charge is 0.382 e. The number of thiophene rings is 2. The molecule has 0 spiro atoms. The number of rotatable bonds is 13. The molecule has 0 radical (unpaired) electrons. The molecule has 30 nitrogen and oxygen atoms in total. The number of amides is 4. The van der Waals surface area contributed by atoms with E-state index in [-0.39, 0.29) is 47.3 Å². The summed E-state index contributed by atoms with van der Waals surface area (Å²) >= 11 is 4.71. The Bertz CT molecular complexity index is 8160. The van der Waals surface area contributed by atoms with Crippen molar-refractivity contribution in [1.82, 2.24) is 107 Å². The van der Waals surface area contributed by atoms with Crippen molar-refractivity contribution in [3.05, 3.63) is 304 Å². The lowest BCUT2D eigenvalue weighted by Gasteiger charge is -2.31. The number of nitrogen functional groups attached to an aromatic ring is 4. The molecule has 0 bridgehead atoms. The summed E-state index contributed by atoms with van der Waals surface area (Å²) in [6.07, 6.45) is 25.4. The quantitative estimate of drug-likeness (QED) is 0.0518. The standard InChI is InChI=1S/C28H25N7O.C28H24N6OS.C25H24N6OS.C23H21N7OS/c29-26-25-24(23-16-18-4-1-2-6-21(18)32-23)33-27(35(25)15-12-31-26)17-9-13-34(14-10-17)28(36)20-5-3-7-22-19(20)8-11-30-22;29-26-25-24(22-16-18-3-1-2-4-21(18)31-22)32-27(34(25)13-10-30-26)17-7-11-33(12-8-17)28(35)20-5-6-23-19(15-20)9-14-36-23;26-24-23-22(20-14-18-3-1-2-4-19(18)28-20)29-25(31(23)11-8-27-24)17-5-9-30(10-6-17)21(32)13-16-7-12-33-15-16;24-21-20-19(17-11-15-3-1-2-4-16(15)27-17)28-22(30(20)10-7-26-21)14-5-8-29(9-6-14)23(31)18-12-25-13-32-18/h1-8,11-12,15-17,30,32H,9-10,13-14H2,(H2,29,31);1-6,9-10,13-17,31H,7-8,11-12H2,(H2,29,30);1-4,7-8,11-12,14-15,17,28H,5-6,9-10,13H2,(H2,26,27);1-4,7,10-14,27H,5-6,8-9H2,(H2,24,26). The van der Waals surface area contributed by atoms with Gasteiger partial charge in [0.25, 0.3) is 17.7 Å². The van der Waals surface area contributed by atoms with E-state index in [1.165, 1.54) is 16.0 Å². The van der Waals surface area contributed by atoms with E-state index in [4.69, 9.17) is 42.9 Å². The van der Waals surface area contributed by atoms with Crippen molar-refractivity contribution in [3.8, 4) is 45.6 Å². The Morgan fingerprint density at radius 3 is 1.17 bits per heavy atom. The first-order valence-electron chi connectivity index (χ1n) is 46.1. The van der Waals surface area contributed by atoms with Crippen LogP contribution >= 0.6 is 34.0 Å². The summed E-state index contributed by atoms with van der Waals surface area (Å²) in [5, 5.41) is 12.7. The van der Waals surface area contributed by atoms with Gasteiger partial charge in [0.1, 0.15) is 96.3 Å². The van der Waals surface area contributed by atoms with Crippen LogP contribution in [0.3, 0.4) is 0 Å². The summed E-state index contributed by atoms with van der Waals surface area (Å²) in [6.45, 7) is 5.63. The number of para-hydroxylation sites is 4. The molecule has 20 heterocycles. The number of nitrogens with one attached hydrogen (secondary N) is 5. The molecular weight excluding hydrogens is 1770 g/mol. The van der Waals surface area contributed by atoms with Gasteiger partial charge in [0.15, 0.2) is 0 Å². The Balaban J connectivity index is 0.000000103. The van der Waals surface area contributed by atoms with E-state index >= 15 is 0 Å². The van der Waals surface area contributed by atoms with Crippen molar-refractivity contribution in [2.45, 2.75) is 81.5 Å². The topological polar surface area (TPSA) is 398 Å². The van der Waals surface area contributed by atoms with Gasteiger partial charge in [-0.15, -0.1) is 22.7 Å². The molecular formula is C104H94N26O4S3. The molecule has 4 aliphatic heterocycles. The molecule has 4 saturated heterocycles. The van der Waals surface area contributed by atoms with Crippen LogP contribution in [0.5, 0.6) is 0 Å². The molecule has 4 aliphatic rings. The number of aromatic nitrogens is 18. The Kier molecular flexibility index (Phi) is 22.4. The van der Waals surface area contributed by atoms with Crippen molar-refractivity contribution >= 4 is 168 Å². The van der Waals surface area contributed by atoms with Crippen LogP contribution in [0.25, 0.3) is 132 Å². The Morgan fingerprint density at radius 1 is 0.380 bits per heavy atom. The van der Waals surface area contributed by atoms with Crippen LogP contribution in [-0.4, -0.2) is 183 Å². The number of hydrogen-bond acceptors (Lipinski definition) is 20. The first-order chi connectivity index (χ1) is 67.2. The summed E-state index contributed by atoms with van der Waals surface area (Å²) in [5.41, 5.74) is 45.1. The molecule has 16 aromatic heterocycles. The average Bonchev–Trinajstić information content (AvgIpc) is 1.61. The molecule has 0 unspecified atom stereocenters. The van der Waals surface area contributed by atoms with Gasteiger partial charge in [-0.1, -0.05) is 78.9 Å². The summed E-state index contributed by atoms with van der Waals surface area (Å²) < 4.78 is 9.50. The van der Waals surface area contributed by atoms with Gasteiger partial charge >= 0.3 is 0 Å². The maximum absolute atomic E-state index is 13.3. The highest BCUT2D eigenvalue weighted by molar-refractivity contribution is 7.17. The Morgan fingerprint density at radius 2 is 0.774 bits per heavy atom. The maximum Gasteiger partial charge on any atom is 0.265 e. The number of aromatic amines is 5. The number of likely N-dealkylation sites (tertiary alicyclic amines) is 4. The van der Waals surface area contributed by atoms with Crippen LogP contribution in [0.1, 0.15) is 134 Å². The van der Waals surface area contributed by atoms with E-state index in [2.05, 4.69) is 152 Å². The number of piperidine rings is 4. The number of nitrogens with two attached hydrogens (primary N) is 4. The van der Waals surface area contributed by atoms with Gasteiger partial charge < -0.3 is 67.5 Å². The van der Waals surface area contributed by atoms with E-state index in [0.29, 0.717) is 73.8 Å². The molecule has 26 rings (SSSR count). The zero-order valence-corrected chi connectivity index (χ0v) is 76.9. The molecule has 0 atom stereocenters. The van der Waals surface area contributed by atoms with E-state index < -0.39 is 0 Å². The second-order valence-electron chi connectivity index (χ2n) is 35.4. The average molecular weight is 1870 g/mol. The monoisotopic (exact) mass is 1870 g/mol. The molecule has 4 fully saturated rings. The molecule has 22 aromatic rings. The fraction of sp³-hybridized carbons (Fsp3) is 0.202. The molecule has 0 aliphatic carbocycles. The predicted octanol–water partition coefficient (Wildman–Crippen LogP) is 19.1. The fourth-order valence-electron chi connectivity index (χ4n) is 20.3. The van der Waals surface area contributed by atoms with Crippen molar-refractivity contribution in [1.29, 1.82) is 0 Å². The van der Waals surface area contributed by atoms with Gasteiger partial charge in [-0.3, -0.25) is 41.8 Å².